The molecule has 0 saturated carbocycles. The van der Waals surface area contributed by atoms with Gasteiger partial charge in [-0.3, -0.25) is 37.5 Å². The number of methoxy groups -OCH3 is 6. The molecule has 2 aromatic carbocycles. The standard InChI is InChI=1S/C31H42FN6O9P.C23H26FN6O9P.I2/c1-29(2,3)46-48(40,47-30(4,5)6)44-17-38-26-20(45-31(7,8)27(38)39)12-13-23(36-26)35-25-19(32)16-33-28(37-25)34-18-14-21(41-9)24(43-11)22(15-18)42-10;1-23(2)21(31)30(11-38-40(32,33)34)20-14(39-23)6-7-17(28-20)27-19-13(24)10-25-22(29-19)26-12-8-15(35-3)18(37-5)16(9-12)36-4;1-2/h12-16H,17H2,1-11H3,(H2,33,34,35,36,37);6-10H,11H2,1-5H3,(H2,32,33,34)(H2,25,26,27,28,29);. The minimum atomic E-state index is -4.91. The molecule has 6 heterocycles. The van der Waals surface area contributed by atoms with Crippen molar-refractivity contribution in [3.8, 4) is 46.0 Å². The predicted molar refractivity (Wildman–Crippen MR) is 343 cm³/mol. The van der Waals surface area contributed by atoms with Gasteiger partial charge in [-0.05, 0) is 93.5 Å². The third-order valence-corrected chi connectivity index (χ3v) is 14.2. The summed E-state index contributed by atoms with van der Waals surface area (Å²) in [5.41, 5.74) is -3.55. The minimum absolute atomic E-state index is 0.00747. The fourth-order valence-electron chi connectivity index (χ4n) is 8.12. The number of aromatic nitrogens is 6. The van der Waals surface area contributed by atoms with Crippen LogP contribution in [0.25, 0.3) is 0 Å². The molecule has 4 aromatic heterocycles. The number of fused-ring (bicyclic) bond motifs is 2. The molecule has 0 bridgehead atoms. The smallest absolute Gasteiger partial charge is 0.477 e. The Kier molecular flexibility index (Phi) is 23.6. The van der Waals surface area contributed by atoms with E-state index >= 15 is 0 Å². The number of hydrogen-bond acceptors (Lipinski definition) is 26. The number of nitrogens with zero attached hydrogens (tertiary/aromatic N) is 8. The average molecular weight is 1530 g/mol. The molecule has 0 unspecified atom stereocenters. The molecule has 8 rings (SSSR count). The van der Waals surface area contributed by atoms with E-state index in [0.29, 0.717) is 45.9 Å². The highest BCUT2D eigenvalue weighted by molar-refractivity contribution is 15.0. The van der Waals surface area contributed by atoms with Crippen LogP contribution in [0.4, 0.5) is 67.0 Å². The zero-order valence-electron chi connectivity index (χ0n) is 51.6. The molecule has 36 heteroatoms. The number of nitrogens with one attached hydrogen (secondary N) is 4. The van der Waals surface area contributed by atoms with E-state index in [4.69, 9.17) is 61.3 Å². The van der Waals surface area contributed by atoms with Crippen LogP contribution in [0.2, 0.25) is 0 Å². The number of ether oxygens (including phenoxy) is 8. The van der Waals surface area contributed by atoms with Crippen molar-refractivity contribution in [2.24, 2.45) is 0 Å². The number of pyridine rings is 2. The van der Waals surface area contributed by atoms with Crippen molar-refractivity contribution in [3.63, 3.8) is 0 Å². The Morgan fingerprint density at radius 3 is 1.21 bits per heavy atom. The molecule has 490 valence electrons. The van der Waals surface area contributed by atoms with E-state index in [1.165, 1.54) is 74.7 Å². The normalized spacial score (nSPS) is 14.2. The lowest BCUT2D eigenvalue weighted by atomic mass is 10.1. The zero-order valence-corrected chi connectivity index (χ0v) is 57.7. The van der Waals surface area contributed by atoms with E-state index in [1.54, 1.807) is 85.7 Å². The van der Waals surface area contributed by atoms with Crippen molar-refractivity contribution in [1.29, 1.82) is 0 Å². The van der Waals surface area contributed by atoms with Gasteiger partial charge in [-0.2, -0.15) is 9.97 Å². The number of rotatable bonds is 22. The number of anilines is 10. The minimum Gasteiger partial charge on any atom is -0.493 e. The number of amides is 2. The predicted octanol–water partition coefficient (Wildman–Crippen LogP) is 11.6. The van der Waals surface area contributed by atoms with Crippen LogP contribution in [0, 0.1) is 11.6 Å². The molecule has 0 radical (unpaired) electrons. The third-order valence-electron chi connectivity index (χ3n) is 11.7. The Hall–Kier alpha value is -7.02. The summed E-state index contributed by atoms with van der Waals surface area (Å²) in [7, 11) is -0.281. The average Bonchev–Trinajstić information content (AvgIpc) is 0.810. The summed E-state index contributed by atoms with van der Waals surface area (Å²) in [5, 5.41) is 11.4. The second-order valence-electron chi connectivity index (χ2n) is 21.7. The summed E-state index contributed by atoms with van der Waals surface area (Å²) < 4.78 is 120. The fraction of sp³-hybridized carbons (Fsp3) is 0.407. The van der Waals surface area contributed by atoms with Gasteiger partial charge in [0.1, 0.15) is 25.1 Å². The Balaban J connectivity index is 0.000000283. The van der Waals surface area contributed by atoms with Crippen LogP contribution in [0.1, 0.15) is 69.2 Å². The number of benzene rings is 2. The lowest BCUT2D eigenvalue weighted by Gasteiger charge is -2.38. The van der Waals surface area contributed by atoms with Gasteiger partial charge in [-0.25, -0.2) is 37.8 Å². The highest BCUT2D eigenvalue weighted by Gasteiger charge is 2.46. The lowest BCUT2D eigenvalue weighted by Crippen LogP contribution is -2.53. The number of halogens is 4. The van der Waals surface area contributed by atoms with E-state index in [2.05, 4.69) is 92.9 Å². The van der Waals surface area contributed by atoms with Gasteiger partial charge < -0.3 is 68.9 Å². The summed E-state index contributed by atoms with van der Waals surface area (Å²) in [6, 6.07) is 12.5. The van der Waals surface area contributed by atoms with Crippen LogP contribution in [0.3, 0.4) is 0 Å². The van der Waals surface area contributed by atoms with Crippen LogP contribution < -0.4 is 69.0 Å². The molecule has 6 aromatic rings. The molecule has 0 saturated heterocycles. The molecule has 0 aliphatic carbocycles. The zero-order chi connectivity index (χ0) is 66.9. The maximum Gasteiger partial charge on any atom is 0.477 e. The second-order valence-corrected chi connectivity index (χ2v) is 24.5. The number of phosphoric ester groups is 2. The van der Waals surface area contributed by atoms with Crippen LogP contribution >= 0.6 is 52.9 Å². The van der Waals surface area contributed by atoms with E-state index in [0.717, 1.165) is 22.2 Å². The third kappa shape index (κ3) is 18.6. The van der Waals surface area contributed by atoms with Gasteiger partial charge in [0, 0.05) is 72.9 Å². The Morgan fingerprint density at radius 2 is 0.900 bits per heavy atom. The van der Waals surface area contributed by atoms with Crippen molar-refractivity contribution in [2.75, 3.05) is 87.2 Å². The maximum atomic E-state index is 15.0. The van der Waals surface area contributed by atoms with Crippen molar-refractivity contribution >= 4 is 123 Å². The quantitative estimate of drug-likeness (QED) is 0.0272. The summed E-state index contributed by atoms with van der Waals surface area (Å²) in [6.07, 6.45) is 1.91. The van der Waals surface area contributed by atoms with Crippen LogP contribution in [-0.2, 0) is 36.8 Å². The Bertz CT molecular complexity index is 3610. The Morgan fingerprint density at radius 1 is 0.556 bits per heavy atom. The first-order valence-electron chi connectivity index (χ1n) is 26.4. The fourth-order valence-corrected chi connectivity index (χ4v) is 10.1. The summed E-state index contributed by atoms with van der Waals surface area (Å²) in [5.74, 6) is -0.537. The van der Waals surface area contributed by atoms with Crippen LogP contribution in [-0.4, -0.2) is 130 Å². The summed E-state index contributed by atoms with van der Waals surface area (Å²) >= 11 is 4.24. The van der Waals surface area contributed by atoms with Crippen molar-refractivity contribution < 1.29 is 93.3 Å². The van der Waals surface area contributed by atoms with E-state index in [-0.39, 0.29) is 58.3 Å². The molecule has 0 spiro atoms. The molecular formula is C54H68F2I2N12O18P2. The lowest BCUT2D eigenvalue weighted by molar-refractivity contribution is -0.134. The van der Waals surface area contributed by atoms with Crippen LogP contribution in [0.5, 0.6) is 46.0 Å². The topological polar surface area (TPSA) is 351 Å². The van der Waals surface area contributed by atoms with E-state index in [1.807, 2.05) is 0 Å². The van der Waals surface area contributed by atoms with Gasteiger partial charge in [-0.15, -0.1) is 0 Å². The molecule has 0 fully saturated rings. The van der Waals surface area contributed by atoms with Crippen molar-refractivity contribution in [2.45, 2.75) is 91.6 Å². The summed E-state index contributed by atoms with van der Waals surface area (Å²) in [4.78, 5) is 71.9. The molecular weight excluding hydrogens is 1460 g/mol. The second kappa shape index (κ2) is 29.5. The number of carbonyl (C=O) groups excluding carboxylic acids is 2. The molecule has 6 N–H and O–H groups in total. The molecule has 0 atom stereocenters. The summed E-state index contributed by atoms with van der Waals surface area (Å²) in [6.45, 7) is 15.0. The van der Waals surface area contributed by atoms with Crippen LogP contribution in [0.15, 0.2) is 60.9 Å². The Labute approximate surface area is 540 Å². The SMILES string of the molecule is COc1cc(Nc2ncc(F)c(Nc3ccc4c(n3)N(COP(=O)(O)O)C(=O)C(C)(C)O4)n2)cc(OC)c1OC.COc1cc(Nc2ncc(F)c(Nc3ccc4c(n3)N(COP(=O)(OC(C)(C)C)OC(C)(C)C)C(=O)C(C)(C)O4)n2)cc(OC)c1OC.II. The first-order chi connectivity index (χ1) is 42.1. The molecule has 90 heavy (non-hydrogen) atoms. The number of hydrogen-bond donors (Lipinski definition) is 6. The molecule has 2 amide bonds. The van der Waals surface area contributed by atoms with Gasteiger partial charge in [0.25, 0.3) is 11.8 Å². The van der Waals surface area contributed by atoms with Gasteiger partial charge in [0.2, 0.25) is 23.4 Å². The molecule has 30 nitrogen and oxygen atoms in total. The van der Waals surface area contributed by atoms with E-state index in [9.17, 15) is 27.5 Å². The van der Waals surface area contributed by atoms with Gasteiger partial charge in [0.15, 0.2) is 80.6 Å². The highest BCUT2D eigenvalue weighted by Crippen LogP contribution is 2.56. The van der Waals surface area contributed by atoms with Gasteiger partial charge in [-0.1, -0.05) is 0 Å². The van der Waals surface area contributed by atoms with Gasteiger partial charge >= 0.3 is 15.6 Å². The van der Waals surface area contributed by atoms with Crippen molar-refractivity contribution in [1.82, 2.24) is 29.9 Å². The first-order valence-corrected chi connectivity index (χ1v) is 35.7. The number of carbonyl (C=O) groups is 2. The monoisotopic (exact) mass is 1530 g/mol. The maximum absolute atomic E-state index is 15.0. The number of phosphoric acid groups is 2. The first kappa shape index (κ1) is 72.0. The highest BCUT2D eigenvalue weighted by atomic mass is 128. The van der Waals surface area contributed by atoms with Crippen molar-refractivity contribution in [3.05, 3.63) is 72.6 Å². The largest absolute Gasteiger partial charge is 0.493 e. The van der Waals surface area contributed by atoms with E-state index < -0.39 is 75.0 Å². The molecule has 2 aliphatic heterocycles. The van der Waals surface area contributed by atoms with Gasteiger partial charge in [0.05, 0.1) is 66.3 Å². The molecule has 2 aliphatic rings.